The zero-order chi connectivity index (χ0) is 8.29. The molecule has 0 aromatic rings. The Morgan fingerprint density at radius 3 is 2.83 bits per heavy atom. The maximum atomic E-state index is 11.2. The highest BCUT2D eigenvalue weighted by atomic mass is 16.5. The highest BCUT2D eigenvalue weighted by molar-refractivity contribution is 5.71. The predicted molar refractivity (Wildman–Crippen MR) is 43.4 cm³/mol. The fraction of sp³-hybridized carbons (Fsp3) is 0.900. The van der Waals surface area contributed by atoms with Gasteiger partial charge >= 0.3 is 5.97 Å². The fourth-order valence-corrected chi connectivity index (χ4v) is 3.63. The molecule has 5 atom stereocenters. The van der Waals surface area contributed by atoms with Crippen LogP contribution in [0, 0.1) is 23.7 Å². The molecule has 4 aliphatic rings. The topological polar surface area (TPSA) is 26.3 Å². The molecule has 2 heterocycles. The second-order valence-corrected chi connectivity index (χ2v) is 4.65. The molecule has 2 heteroatoms. The molecule has 0 radical (unpaired) electrons. The number of carbonyl (C=O) groups excluding carboxylic acids is 1. The Hall–Kier alpha value is -0.530. The van der Waals surface area contributed by atoms with Gasteiger partial charge in [0.15, 0.2) is 0 Å². The lowest BCUT2D eigenvalue weighted by atomic mass is 9.86. The number of hydrogen-bond donors (Lipinski definition) is 0. The highest BCUT2D eigenvalue weighted by Gasteiger charge is 2.55. The van der Waals surface area contributed by atoms with Crippen molar-refractivity contribution in [3.8, 4) is 0 Å². The second-order valence-electron chi connectivity index (χ2n) is 4.65. The summed E-state index contributed by atoms with van der Waals surface area (Å²) in [5.41, 5.74) is 0. The van der Waals surface area contributed by atoms with Crippen LogP contribution in [0.5, 0.6) is 0 Å². The third kappa shape index (κ3) is 0.686. The van der Waals surface area contributed by atoms with E-state index in [-0.39, 0.29) is 12.1 Å². The van der Waals surface area contributed by atoms with Crippen LogP contribution in [0.1, 0.15) is 26.2 Å². The molecule has 2 saturated carbocycles. The minimum Gasteiger partial charge on any atom is -0.462 e. The third-order valence-corrected chi connectivity index (χ3v) is 4.22. The van der Waals surface area contributed by atoms with Gasteiger partial charge in [0.05, 0.1) is 0 Å². The first-order valence-electron chi connectivity index (χ1n) is 4.95. The van der Waals surface area contributed by atoms with E-state index in [1.807, 2.05) is 0 Å². The van der Waals surface area contributed by atoms with Crippen molar-refractivity contribution >= 4 is 5.97 Å². The van der Waals surface area contributed by atoms with Gasteiger partial charge in [-0.25, -0.2) is 0 Å². The lowest BCUT2D eigenvalue weighted by Crippen LogP contribution is -2.21. The van der Waals surface area contributed by atoms with E-state index in [9.17, 15) is 4.79 Å². The summed E-state index contributed by atoms with van der Waals surface area (Å²) in [6, 6.07) is 0. The molecule has 5 unspecified atom stereocenters. The van der Waals surface area contributed by atoms with Crippen molar-refractivity contribution in [2.45, 2.75) is 32.3 Å². The maximum absolute atomic E-state index is 11.2. The maximum Gasteiger partial charge on any atom is 0.306 e. The SMILES string of the molecule is CC1C2CC3OC(=O)CC2CC31. The van der Waals surface area contributed by atoms with E-state index in [4.69, 9.17) is 4.74 Å². The molecule has 2 aliphatic heterocycles. The molecule has 66 valence electrons. The Kier molecular flexibility index (Phi) is 1.18. The number of ether oxygens (including phenoxy) is 1. The first-order chi connectivity index (χ1) is 5.75. The van der Waals surface area contributed by atoms with Gasteiger partial charge in [-0.05, 0) is 36.5 Å². The van der Waals surface area contributed by atoms with E-state index in [1.165, 1.54) is 6.42 Å². The summed E-state index contributed by atoms with van der Waals surface area (Å²) < 4.78 is 5.39. The van der Waals surface area contributed by atoms with Gasteiger partial charge in [0.1, 0.15) is 6.10 Å². The van der Waals surface area contributed by atoms with Crippen LogP contribution in [0.25, 0.3) is 0 Å². The summed E-state index contributed by atoms with van der Waals surface area (Å²) in [6.07, 6.45) is 3.39. The zero-order valence-corrected chi connectivity index (χ0v) is 7.32. The number of fused-ring (bicyclic) bond motifs is 2. The van der Waals surface area contributed by atoms with Crippen LogP contribution >= 0.6 is 0 Å². The minimum atomic E-state index is 0.0573. The van der Waals surface area contributed by atoms with Crippen molar-refractivity contribution in [3.05, 3.63) is 0 Å². The lowest BCUT2D eigenvalue weighted by molar-refractivity contribution is -0.148. The smallest absolute Gasteiger partial charge is 0.306 e. The molecular formula is C10H14O2. The van der Waals surface area contributed by atoms with Crippen LogP contribution in [0.3, 0.4) is 0 Å². The van der Waals surface area contributed by atoms with Gasteiger partial charge in [-0.1, -0.05) is 6.92 Å². The number of hydrogen-bond acceptors (Lipinski definition) is 2. The first kappa shape index (κ1) is 6.93. The summed E-state index contributed by atoms with van der Waals surface area (Å²) in [5.74, 6) is 3.03. The van der Waals surface area contributed by atoms with Crippen molar-refractivity contribution in [2.24, 2.45) is 23.7 Å². The van der Waals surface area contributed by atoms with E-state index >= 15 is 0 Å². The normalized spacial score (nSPS) is 55.8. The molecule has 12 heavy (non-hydrogen) atoms. The molecule has 4 rings (SSSR count). The summed E-state index contributed by atoms with van der Waals surface area (Å²) in [5, 5.41) is 0. The van der Waals surface area contributed by atoms with E-state index in [1.54, 1.807) is 0 Å². The van der Waals surface area contributed by atoms with Crippen LogP contribution in [0.2, 0.25) is 0 Å². The van der Waals surface area contributed by atoms with E-state index in [2.05, 4.69) is 6.92 Å². The molecule has 0 aromatic carbocycles. The molecule has 2 nitrogen and oxygen atoms in total. The second kappa shape index (κ2) is 2.04. The molecular weight excluding hydrogens is 152 g/mol. The molecule has 0 N–H and O–H groups in total. The highest BCUT2D eigenvalue weighted by Crippen LogP contribution is 2.56. The summed E-state index contributed by atoms with van der Waals surface area (Å²) >= 11 is 0. The average Bonchev–Trinajstić information content (AvgIpc) is 2.39. The molecule has 4 fully saturated rings. The van der Waals surface area contributed by atoms with E-state index < -0.39 is 0 Å². The van der Waals surface area contributed by atoms with Gasteiger partial charge in [0, 0.05) is 6.42 Å². The van der Waals surface area contributed by atoms with E-state index in [0.717, 1.165) is 18.3 Å². The van der Waals surface area contributed by atoms with Crippen LogP contribution < -0.4 is 0 Å². The van der Waals surface area contributed by atoms with Gasteiger partial charge in [0.25, 0.3) is 0 Å². The number of rotatable bonds is 0. The molecule has 2 saturated heterocycles. The van der Waals surface area contributed by atoms with E-state index in [0.29, 0.717) is 18.3 Å². The zero-order valence-electron chi connectivity index (χ0n) is 7.32. The average molecular weight is 166 g/mol. The first-order valence-corrected chi connectivity index (χ1v) is 4.95. The standard InChI is InChI=1S/C10H14O2/c1-5-7-4-9-8(5)2-6(7)3-10(11)12-9/h5-9H,2-4H2,1H3. The van der Waals surface area contributed by atoms with Crippen molar-refractivity contribution in [1.82, 2.24) is 0 Å². The Morgan fingerprint density at radius 2 is 2.17 bits per heavy atom. The minimum absolute atomic E-state index is 0.0573. The summed E-state index contributed by atoms with van der Waals surface area (Å²) in [6.45, 7) is 2.33. The van der Waals surface area contributed by atoms with Crippen LogP contribution in [-0.2, 0) is 9.53 Å². The lowest BCUT2D eigenvalue weighted by Gasteiger charge is -2.19. The van der Waals surface area contributed by atoms with Crippen LogP contribution in [-0.4, -0.2) is 12.1 Å². The van der Waals surface area contributed by atoms with Crippen molar-refractivity contribution < 1.29 is 9.53 Å². The quantitative estimate of drug-likeness (QED) is 0.511. The number of esters is 1. The summed E-state index contributed by atoms with van der Waals surface area (Å²) in [7, 11) is 0. The van der Waals surface area contributed by atoms with Gasteiger partial charge in [-0.15, -0.1) is 0 Å². The molecule has 4 bridgehead atoms. The molecule has 0 amide bonds. The Labute approximate surface area is 72.3 Å². The van der Waals surface area contributed by atoms with Crippen molar-refractivity contribution in [2.75, 3.05) is 0 Å². The molecule has 0 spiro atoms. The Bertz CT molecular complexity index is 214. The predicted octanol–water partition coefficient (Wildman–Crippen LogP) is 1.59. The van der Waals surface area contributed by atoms with Gasteiger partial charge in [-0.2, -0.15) is 0 Å². The Morgan fingerprint density at radius 1 is 1.33 bits per heavy atom. The largest absolute Gasteiger partial charge is 0.462 e. The number of carbonyl (C=O) groups is 1. The third-order valence-electron chi connectivity index (χ3n) is 4.22. The van der Waals surface area contributed by atoms with Crippen molar-refractivity contribution in [1.29, 1.82) is 0 Å². The van der Waals surface area contributed by atoms with Crippen molar-refractivity contribution in [3.63, 3.8) is 0 Å². The van der Waals surface area contributed by atoms with Crippen LogP contribution in [0.4, 0.5) is 0 Å². The van der Waals surface area contributed by atoms with Crippen LogP contribution in [0.15, 0.2) is 0 Å². The summed E-state index contributed by atoms with van der Waals surface area (Å²) in [4.78, 5) is 11.2. The Balaban J connectivity index is 1.98. The fourth-order valence-electron chi connectivity index (χ4n) is 3.63. The van der Waals surface area contributed by atoms with Gasteiger partial charge in [-0.3, -0.25) is 4.79 Å². The molecule has 2 aliphatic carbocycles. The van der Waals surface area contributed by atoms with Gasteiger partial charge in [0.2, 0.25) is 0 Å². The van der Waals surface area contributed by atoms with Gasteiger partial charge < -0.3 is 4.74 Å². The molecule has 0 aromatic heterocycles. The monoisotopic (exact) mass is 166 g/mol.